The molecule has 7 nitrogen and oxygen atoms in total. The lowest BCUT2D eigenvalue weighted by Crippen LogP contribution is -2.18. The van der Waals surface area contributed by atoms with E-state index >= 15 is 0 Å². The summed E-state index contributed by atoms with van der Waals surface area (Å²) < 4.78 is 1.44. The Kier molecular flexibility index (Phi) is 3.10. The van der Waals surface area contributed by atoms with Gasteiger partial charge < -0.3 is 11.1 Å². The minimum absolute atomic E-state index is 0.248. The van der Waals surface area contributed by atoms with Gasteiger partial charge in [-0.15, -0.1) is 0 Å². The lowest BCUT2D eigenvalue weighted by atomic mass is 10.3. The van der Waals surface area contributed by atoms with Crippen molar-refractivity contribution in [2.45, 2.75) is 6.54 Å². The SMILES string of the molecule is CNC(=O)c1ccn(-c2ncc(CN)cn2)n1. The molecule has 88 valence electrons. The van der Waals surface area contributed by atoms with Crippen LogP contribution < -0.4 is 11.1 Å². The topological polar surface area (TPSA) is 98.7 Å². The molecule has 0 bridgehead atoms. The zero-order valence-electron chi connectivity index (χ0n) is 9.29. The fourth-order valence-corrected chi connectivity index (χ4v) is 1.26. The van der Waals surface area contributed by atoms with Gasteiger partial charge in [-0.05, 0) is 6.07 Å². The largest absolute Gasteiger partial charge is 0.354 e. The Hall–Kier alpha value is -2.28. The molecule has 0 radical (unpaired) electrons. The Bertz CT molecular complexity index is 518. The van der Waals surface area contributed by atoms with Crippen LogP contribution >= 0.6 is 0 Å². The van der Waals surface area contributed by atoms with Crippen LogP contribution in [0.4, 0.5) is 0 Å². The molecule has 2 aromatic heterocycles. The highest BCUT2D eigenvalue weighted by Gasteiger charge is 2.08. The first-order valence-electron chi connectivity index (χ1n) is 5.03. The second-order valence-corrected chi connectivity index (χ2v) is 3.32. The number of amides is 1. The van der Waals surface area contributed by atoms with Gasteiger partial charge in [-0.2, -0.15) is 5.10 Å². The number of rotatable bonds is 3. The minimum Gasteiger partial charge on any atom is -0.354 e. The van der Waals surface area contributed by atoms with Crippen molar-refractivity contribution >= 4 is 5.91 Å². The Labute approximate surface area is 97.7 Å². The highest BCUT2D eigenvalue weighted by Crippen LogP contribution is 2.02. The van der Waals surface area contributed by atoms with Crippen molar-refractivity contribution in [1.82, 2.24) is 25.1 Å². The third-order valence-corrected chi connectivity index (χ3v) is 2.18. The van der Waals surface area contributed by atoms with Crippen molar-refractivity contribution in [3.8, 4) is 5.95 Å². The van der Waals surface area contributed by atoms with Crippen LogP contribution in [0, 0.1) is 0 Å². The molecule has 7 heteroatoms. The maximum absolute atomic E-state index is 11.3. The van der Waals surface area contributed by atoms with Gasteiger partial charge in [-0.25, -0.2) is 14.6 Å². The van der Waals surface area contributed by atoms with Gasteiger partial charge >= 0.3 is 0 Å². The van der Waals surface area contributed by atoms with Crippen molar-refractivity contribution < 1.29 is 4.79 Å². The van der Waals surface area contributed by atoms with Crippen LogP contribution in [0.3, 0.4) is 0 Å². The highest BCUT2D eigenvalue weighted by atomic mass is 16.1. The van der Waals surface area contributed by atoms with E-state index in [9.17, 15) is 4.79 Å². The van der Waals surface area contributed by atoms with Gasteiger partial charge in [0.2, 0.25) is 5.95 Å². The molecule has 0 atom stereocenters. The standard InChI is InChI=1S/C10H12N6O/c1-12-9(17)8-2-3-16(15-8)10-13-5-7(4-11)6-14-10/h2-3,5-6H,4,11H2,1H3,(H,12,17). The molecule has 1 amide bonds. The number of nitrogens with one attached hydrogen (secondary N) is 1. The van der Waals surface area contributed by atoms with Gasteiger partial charge in [0, 0.05) is 37.7 Å². The van der Waals surface area contributed by atoms with Crippen molar-refractivity contribution in [1.29, 1.82) is 0 Å². The van der Waals surface area contributed by atoms with Crippen LogP contribution in [-0.2, 0) is 6.54 Å². The molecule has 17 heavy (non-hydrogen) atoms. The fourth-order valence-electron chi connectivity index (χ4n) is 1.26. The van der Waals surface area contributed by atoms with Crippen molar-refractivity contribution in [3.05, 3.63) is 35.9 Å². The Morgan fingerprint density at radius 3 is 2.76 bits per heavy atom. The van der Waals surface area contributed by atoms with E-state index < -0.39 is 0 Å². The smallest absolute Gasteiger partial charge is 0.271 e. The molecule has 3 N–H and O–H groups in total. The number of hydrogen-bond donors (Lipinski definition) is 2. The summed E-state index contributed by atoms with van der Waals surface area (Å²) in [5.74, 6) is 0.152. The van der Waals surface area contributed by atoms with Gasteiger partial charge in [-0.1, -0.05) is 0 Å². The Balaban J connectivity index is 2.27. The number of carbonyl (C=O) groups is 1. The molecule has 0 aromatic carbocycles. The van der Waals surface area contributed by atoms with Crippen molar-refractivity contribution in [2.75, 3.05) is 7.05 Å². The van der Waals surface area contributed by atoms with Gasteiger partial charge in [0.1, 0.15) is 0 Å². The first-order chi connectivity index (χ1) is 8.24. The molecule has 0 aliphatic carbocycles. The van der Waals surface area contributed by atoms with Crippen LogP contribution in [0.15, 0.2) is 24.7 Å². The summed E-state index contributed by atoms with van der Waals surface area (Å²) in [6.45, 7) is 0.392. The summed E-state index contributed by atoms with van der Waals surface area (Å²) in [6, 6.07) is 1.60. The predicted molar refractivity (Wildman–Crippen MR) is 60.4 cm³/mol. The fraction of sp³-hybridized carbons (Fsp3) is 0.200. The molecular formula is C10H12N6O. The van der Waals surface area contributed by atoms with E-state index in [1.807, 2.05) is 0 Å². The van der Waals surface area contributed by atoms with Gasteiger partial charge in [0.05, 0.1) is 0 Å². The Morgan fingerprint density at radius 2 is 2.18 bits per heavy atom. The van der Waals surface area contributed by atoms with Crippen LogP contribution in [0.5, 0.6) is 0 Å². The zero-order valence-corrected chi connectivity index (χ0v) is 9.29. The molecule has 0 saturated heterocycles. The third kappa shape index (κ3) is 2.28. The number of carbonyl (C=O) groups excluding carboxylic acids is 1. The van der Waals surface area contributed by atoms with Gasteiger partial charge in [0.25, 0.3) is 5.91 Å². The minimum atomic E-state index is -0.248. The predicted octanol–water partition coefficient (Wildman–Crippen LogP) is -0.519. The average molecular weight is 232 g/mol. The Morgan fingerprint density at radius 1 is 1.47 bits per heavy atom. The lowest BCUT2D eigenvalue weighted by Gasteiger charge is -2.00. The number of aromatic nitrogens is 4. The maximum Gasteiger partial charge on any atom is 0.271 e. The van der Waals surface area contributed by atoms with Gasteiger partial charge in [-0.3, -0.25) is 4.79 Å². The van der Waals surface area contributed by atoms with E-state index in [4.69, 9.17) is 5.73 Å². The van der Waals surface area contributed by atoms with Crippen LogP contribution in [0.1, 0.15) is 16.1 Å². The second kappa shape index (κ2) is 4.71. The second-order valence-electron chi connectivity index (χ2n) is 3.32. The van der Waals surface area contributed by atoms with E-state index in [0.29, 0.717) is 18.2 Å². The van der Waals surface area contributed by atoms with E-state index in [1.54, 1.807) is 31.7 Å². The van der Waals surface area contributed by atoms with E-state index in [0.717, 1.165) is 5.56 Å². The van der Waals surface area contributed by atoms with Crippen molar-refractivity contribution in [3.63, 3.8) is 0 Å². The number of nitrogens with two attached hydrogens (primary N) is 1. The van der Waals surface area contributed by atoms with E-state index in [2.05, 4.69) is 20.4 Å². The lowest BCUT2D eigenvalue weighted by molar-refractivity contribution is 0.0957. The maximum atomic E-state index is 11.3. The molecule has 0 aliphatic heterocycles. The third-order valence-electron chi connectivity index (χ3n) is 2.18. The van der Waals surface area contributed by atoms with E-state index in [1.165, 1.54) is 4.68 Å². The van der Waals surface area contributed by atoms with Crippen molar-refractivity contribution in [2.24, 2.45) is 5.73 Å². The van der Waals surface area contributed by atoms with Crippen LogP contribution in [-0.4, -0.2) is 32.7 Å². The molecular weight excluding hydrogens is 220 g/mol. The molecule has 0 fully saturated rings. The summed E-state index contributed by atoms with van der Waals surface area (Å²) in [5, 5.41) is 6.55. The highest BCUT2D eigenvalue weighted by molar-refractivity contribution is 5.91. The van der Waals surface area contributed by atoms with Crippen LogP contribution in [0.2, 0.25) is 0 Å². The molecule has 0 aliphatic rings. The first kappa shape index (κ1) is 11.2. The molecule has 0 unspecified atom stereocenters. The average Bonchev–Trinajstić information content (AvgIpc) is 2.87. The zero-order chi connectivity index (χ0) is 12.3. The first-order valence-corrected chi connectivity index (χ1v) is 5.03. The number of hydrogen-bond acceptors (Lipinski definition) is 5. The molecule has 0 spiro atoms. The summed E-state index contributed by atoms with van der Waals surface area (Å²) in [6.07, 6.45) is 4.88. The molecule has 2 aromatic rings. The monoisotopic (exact) mass is 232 g/mol. The molecule has 0 saturated carbocycles. The quantitative estimate of drug-likeness (QED) is 0.742. The summed E-state index contributed by atoms with van der Waals surface area (Å²) in [7, 11) is 1.55. The molecule has 2 heterocycles. The summed E-state index contributed by atoms with van der Waals surface area (Å²) in [4.78, 5) is 19.5. The summed E-state index contributed by atoms with van der Waals surface area (Å²) in [5.41, 5.74) is 6.60. The van der Waals surface area contributed by atoms with Gasteiger partial charge in [0.15, 0.2) is 5.69 Å². The molecule has 2 rings (SSSR count). The normalized spacial score (nSPS) is 10.2. The summed E-state index contributed by atoms with van der Waals surface area (Å²) >= 11 is 0. The van der Waals surface area contributed by atoms with E-state index in [-0.39, 0.29) is 5.91 Å². The van der Waals surface area contributed by atoms with Crippen LogP contribution in [0.25, 0.3) is 5.95 Å². The number of nitrogens with zero attached hydrogens (tertiary/aromatic N) is 4.